The van der Waals surface area contributed by atoms with Gasteiger partial charge in [-0.3, -0.25) is 0 Å². The van der Waals surface area contributed by atoms with Crippen molar-refractivity contribution in [3.8, 4) is 0 Å². The van der Waals surface area contributed by atoms with Gasteiger partial charge in [-0.25, -0.2) is 9.97 Å². The lowest BCUT2D eigenvalue weighted by Gasteiger charge is -2.26. The Balaban J connectivity index is 2.26. The van der Waals surface area contributed by atoms with Gasteiger partial charge in [-0.2, -0.15) is 0 Å². The van der Waals surface area contributed by atoms with Crippen LogP contribution in [0, 0.1) is 0 Å². The predicted octanol–water partition coefficient (Wildman–Crippen LogP) is 3.98. The molecule has 0 N–H and O–H groups in total. The third kappa shape index (κ3) is 2.92. The van der Waals surface area contributed by atoms with E-state index in [0.29, 0.717) is 0 Å². The zero-order valence-electron chi connectivity index (χ0n) is 10.1. The minimum Gasteiger partial charge on any atom is -0.353 e. The maximum absolute atomic E-state index is 6.00. The number of halogens is 2. The van der Waals surface area contributed by atoms with Crippen molar-refractivity contribution in [2.24, 2.45) is 0 Å². The fraction of sp³-hybridized carbons (Fsp3) is 0.231. The summed E-state index contributed by atoms with van der Waals surface area (Å²) >= 11 is 11.8. The van der Waals surface area contributed by atoms with Crippen molar-refractivity contribution in [2.45, 2.75) is 13.0 Å². The molecular formula is C13H13Cl2N3. The topological polar surface area (TPSA) is 29.0 Å². The van der Waals surface area contributed by atoms with E-state index in [2.05, 4.69) is 16.9 Å². The Morgan fingerprint density at radius 3 is 2.67 bits per heavy atom. The quantitative estimate of drug-likeness (QED) is 0.797. The molecule has 1 aromatic heterocycles. The van der Waals surface area contributed by atoms with E-state index in [9.17, 15) is 0 Å². The Hall–Kier alpha value is -1.32. The number of benzene rings is 1. The van der Waals surface area contributed by atoms with Gasteiger partial charge in [0.2, 0.25) is 5.28 Å². The number of anilines is 1. The van der Waals surface area contributed by atoms with E-state index in [4.69, 9.17) is 23.2 Å². The highest BCUT2D eigenvalue weighted by Crippen LogP contribution is 2.25. The summed E-state index contributed by atoms with van der Waals surface area (Å²) in [5.41, 5.74) is 1.12. The normalized spacial score (nSPS) is 12.2. The first-order valence-corrected chi connectivity index (χ1v) is 6.30. The van der Waals surface area contributed by atoms with Crippen molar-refractivity contribution in [2.75, 3.05) is 11.9 Å². The number of nitrogens with zero attached hydrogens (tertiary/aromatic N) is 3. The van der Waals surface area contributed by atoms with Crippen LogP contribution in [-0.2, 0) is 0 Å². The van der Waals surface area contributed by atoms with Crippen LogP contribution in [-0.4, -0.2) is 17.0 Å². The molecule has 18 heavy (non-hydrogen) atoms. The molecule has 0 aliphatic rings. The molecule has 1 aromatic carbocycles. The van der Waals surface area contributed by atoms with Crippen LogP contribution in [0.1, 0.15) is 18.5 Å². The molecule has 1 atom stereocenters. The Morgan fingerprint density at radius 2 is 2.00 bits per heavy atom. The van der Waals surface area contributed by atoms with Crippen LogP contribution < -0.4 is 4.90 Å². The van der Waals surface area contributed by atoms with Crippen LogP contribution >= 0.6 is 23.2 Å². The third-order valence-electron chi connectivity index (χ3n) is 2.88. The lowest BCUT2D eigenvalue weighted by atomic mass is 10.1. The second-order valence-corrected chi connectivity index (χ2v) is 4.80. The highest BCUT2D eigenvalue weighted by molar-refractivity contribution is 6.30. The monoisotopic (exact) mass is 281 g/mol. The first kappa shape index (κ1) is 13.1. The van der Waals surface area contributed by atoms with Crippen molar-refractivity contribution in [3.05, 3.63) is 52.4 Å². The zero-order valence-corrected chi connectivity index (χ0v) is 11.7. The van der Waals surface area contributed by atoms with Crippen LogP contribution in [0.5, 0.6) is 0 Å². The Morgan fingerprint density at radius 1 is 1.22 bits per heavy atom. The fourth-order valence-corrected chi connectivity index (χ4v) is 2.05. The van der Waals surface area contributed by atoms with Gasteiger partial charge in [0.15, 0.2) is 0 Å². The molecule has 0 spiro atoms. The average Bonchev–Trinajstić information content (AvgIpc) is 2.37. The van der Waals surface area contributed by atoms with Crippen LogP contribution in [0.2, 0.25) is 10.3 Å². The smallest absolute Gasteiger partial charge is 0.224 e. The van der Waals surface area contributed by atoms with Crippen molar-refractivity contribution in [1.82, 2.24) is 9.97 Å². The maximum atomic E-state index is 6.00. The van der Waals surface area contributed by atoms with E-state index in [1.807, 2.05) is 42.3 Å². The van der Waals surface area contributed by atoms with Gasteiger partial charge >= 0.3 is 0 Å². The van der Waals surface area contributed by atoms with E-state index >= 15 is 0 Å². The summed E-state index contributed by atoms with van der Waals surface area (Å²) in [7, 11) is 1.96. The van der Waals surface area contributed by atoms with E-state index in [1.54, 1.807) is 6.20 Å². The first-order chi connectivity index (χ1) is 8.58. The summed E-state index contributed by atoms with van der Waals surface area (Å²) in [6.45, 7) is 2.08. The molecule has 0 saturated carbocycles. The van der Waals surface area contributed by atoms with Crippen LogP contribution in [0.15, 0.2) is 36.5 Å². The second-order valence-electron chi connectivity index (χ2n) is 4.03. The summed E-state index contributed by atoms with van der Waals surface area (Å²) in [6.07, 6.45) is 1.64. The van der Waals surface area contributed by atoms with Crippen molar-refractivity contribution in [1.29, 1.82) is 0 Å². The van der Waals surface area contributed by atoms with E-state index in [-0.39, 0.29) is 11.3 Å². The first-order valence-electron chi connectivity index (χ1n) is 5.55. The van der Waals surface area contributed by atoms with Gasteiger partial charge in [0, 0.05) is 18.3 Å². The molecular weight excluding hydrogens is 269 g/mol. The molecule has 0 aliphatic carbocycles. The summed E-state index contributed by atoms with van der Waals surface area (Å²) in [5, 5.41) is 0.978. The highest BCUT2D eigenvalue weighted by Gasteiger charge is 2.14. The van der Waals surface area contributed by atoms with E-state index in [0.717, 1.165) is 16.4 Å². The Bertz CT molecular complexity index is 496. The number of aromatic nitrogens is 2. The molecule has 0 aliphatic heterocycles. The van der Waals surface area contributed by atoms with Gasteiger partial charge in [0.1, 0.15) is 5.82 Å². The van der Waals surface area contributed by atoms with Gasteiger partial charge in [-0.1, -0.05) is 23.7 Å². The molecule has 94 valence electrons. The molecule has 2 aromatic rings. The van der Waals surface area contributed by atoms with Crippen LogP contribution in [0.3, 0.4) is 0 Å². The van der Waals surface area contributed by atoms with Crippen molar-refractivity contribution < 1.29 is 0 Å². The standard InChI is InChI=1S/C13H13Cl2N3/c1-9(10-4-3-5-11(14)8-10)18(2)12-6-7-16-13(15)17-12/h3-9H,1-2H3. The van der Waals surface area contributed by atoms with Crippen molar-refractivity contribution in [3.63, 3.8) is 0 Å². The average molecular weight is 282 g/mol. The maximum Gasteiger partial charge on any atom is 0.224 e. The molecule has 0 amide bonds. The molecule has 3 nitrogen and oxygen atoms in total. The van der Waals surface area contributed by atoms with E-state index < -0.39 is 0 Å². The summed E-state index contributed by atoms with van der Waals surface area (Å²) in [4.78, 5) is 10.1. The second kappa shape index (κ2) is 5.55. The van der Waals surface area contributed by atoms with Crippen LogP contribution in [0.25, 0.3) is 0 Å². The Labute approximate surface area is 116 Å². The van der Waals surface area contributed by atoms with Gasteiger partial charge in [0.05, 0.1) is 6.04 Å². The molecule has 0 saturated heterocycles. The van der Waals surface area contributed by atoms with Gasteiger partial charge in [-0.15, -0.1) is 0 Å². The summed E-state index contributed by atoms with van der Waals surface area (Å²) in [6, 6.07) is 9.76. The lowest BCUT2D eigenvalue weighted by Crippen LogP contribution is -2.22. The van der Waals surface area contributed by atoms with Crippen LogP contribution in [0.4, 0.5) is 5.82 Å². The Kier molecular flexibility index (Phi) is 4.04. The summed E-state index contributed by atoms with van der Waals surface area (Å²) in [5.74, 6) is 0.780. The summed E-state index contributed by atoms with van der Waals surface area (Å²) < 4.78 is 0. The number of hydrogen-bond acceptors (Lipinski definition) is 3. The SMILES string of the molecule is CC(c1cccc(Cl)c1)N(C)c1ccnc(Cl)n1. The predicted molar refractivity (Wildman–Crippen MR) is 75.3 cm³/mol. The fourth-order valence-electron chi connectivity index (χ4n) is 1.71. The zero-order chi connectivity index (χ0) is 13.1. The molecule has 5 heteroatoms. The molecule has 1 unspecified atom stereocenters. The third-order valence-corrected chi connectivity index (χ3v) is 3.30. The number of hydrogen-bond donors (Lipinski definition) is 0. The molecule has 0 radical (unpaired) electrons. The van der Waals surface area contributed by atoms with Gasteiger partial charge in [-0.05, 0) is 42.3 Å². The number of rotatable bonds is 3. The van der Waals surface area contributed by atoms with E-state index in [1.165, 1.54) is 0 Å². The molecule has 0 bridgehead atoms. The molecule has 1 heterocycles. The minimum absolute atomic E-state index is 0.148. The molecule has 2 rings (SSSR count). The van der Waals surface area contributed by atoms with Gasteiger partial charge in [0.25, 0.3) is 0 Å². The largest absolute Gasteiger partial charge is 0.353 e. The van der Waals surface area contributed by atoms with Crippen molar-refractivity contribution >= 4 is 29.0 Å². The molecule has 0 fully saturated rings. The van der Waals surface area contributed by atoms with Gasteiger partial charge < -0.3 is 4.90 Å². The highest BCUT2D eigenvalue weighted by atomic mass is 35.5. The lowest BCUT2D eigenvalue weighted by molar-refractivity contribution is 0.727. The minimum atomic E-state index is 0.148.